The first-order valence-electron chi connectivity index (χ1n) is 7.32. The SMILES string of the molecule is O=C(O)c1cc(-c2ccncc2)n(-c2cccc3cccnc23)n1. The van der Waals surface area contributed by atoms with E-state index >= 15 is 0 Å². The second kappa shape index (κ2) is 5.58. The monoisotopic (exact) mass is 316 g/mol. The lowest BCUT2D eigenvalue weighted by atomic mass is 10.1. The lowest BCUT2D eigenvalue weighted by Gasteiger charge is -2.09. The molecular weight excluding hydrogens is 304 g/mol. The molecule has 0 fully saturated rings. The average molecular weight is 316 g/mol. The number of carboxylic acid groups (broad SMARTS) is 1. The number of benzene rings is 1. The van der Waals surface area contributed by atoms with Crippen molar-refractivity contribution >= 4 is 16.9 Å². The van der Waals surface area contributed by atoms with Crippen molar-refractivity contribution in [1.29, 1.82) is 0 Å². The van der Waals surface area contributed by atoms with Gasteiger partial charge in [-0.2, -0.15) is 5.10 Å². The number of aromatic nitrogens is 4. The summed E-state index contributed by atoms with van der Waals surface area (Å²) in [6, 6.07) is 14.7. The Hall–Kier alpha value is -3.54. The van der Waals surface area contributed by atoms with E-state index in [0.717, 1.165) is 22.2 Å². The zero-order valence-electron chi connectivity index (χ0n) is 12.5. The first kappa shape index (κ1) is 14.1. The third kappa shape index (κ3) is 2.30. The van der Waals surface area contributed by atoms with E-state index in [2.05, 4.69) is 15.1 Å². The second-order valence-corrected chi connectivity index (χ2v) is 5.22. The third-order valence-corrected chi connectivity index (χ3v) is 3.74. The van der Waals surface area contributed by atoms with Crippen LogP contribution in [0.3, 0.4) is 0 Å². The Kier molecular flexibility index (Phi) is 3.28. The van der Waals surface area contributed by atoms with E-state index in [1.807, 2.05) is 42.5 Å². The molecule has 3 aromatic heterocycles. The molecule has 0 aliphatic carbocycles. The molecular formula is C18H12N4O2. The van der Waals surface area contributed by atoms with Crippen LogP contribution in [0.2, 0.25) is 0 Å². The van der Waals surface area contributed by atoms with Crippen molar-refractivity contribution < 1.29 is 9.90 Å². The zero-order chi connectivity index (χ0) is 16.5. The molecule has 6 heteroatoms. The van der Waals surface area contributed by atoms with E-state index in [-0.39, 0.29) is 5.69 Å². The summed E-state index contributed by atoms with van der Waals surface area (Å²) in [5, 5.41) is 14.6. The van der Waals surface area contributed by atoms with E-state index in [1.54, 1.807) is 29.3 Å². The molecule has 1 N–H and O–H groups in total. The van der Waals surface area contributed by atoms with Crippen molar-refractivity contribution in [2.75, 3.05) is 0 Å². The summed E-state index contributed by atoms with van der Waals surface area (Å²) in [4.78, 5) is 19.8. The molecule has 4 rings (SSSR count). The van der Waals surface area contributed by atoms with Crippen molar-refractivity contribution in [3.63, 3.8) is 0 Å². The van der Waals surface area contributed by atoms with Crippen molar-refractivity contribution in [3.05, 3.63) is 72.8 Å². The van der Waals surface area contributed by atoms with Crippen LogP contribution in [0.5, 0.6) is 0 Å². The highest BCUT2D eigenvalue weighted by Gasteiger charge is 2.17. The second-order valence-electron chi connectivity index (χ2n) is 5.22. The van der Waals surface area contributed by atoms with Gasteiger partial charge in [0, 0.05) is 29.5 Å². The van der Waals surface area contributed by atoms with Gasteiger partial charge in [0.1, 0.15) is 0 Å². The van der Waals surface area contributed by atoms with Gasteiger partial charge >= 0.3 is 5.97 Å². The van der Waals surface area contributed by atoms with Gasteiger partial charge in [0.15, 0.2) is 5.69 Å². The molecule has 0 atom stereocenters. The number of hydrogen-bond donors (Lipinski definition) is 1. The Bertz CT molecular complexity index is 1040. The van der Waals surface area contributed by atoms with Crippen LogP contribution in [0.15, 0.2) is 67.1 Å². The van der Waals surface area contributed by atoms with Gasteiger partial charge in [-0.1, -0.05) is 18.2 Å². The Balaban J connectivity index is 2.02. The molecule has 3 heterocycles. The zero-order valence-corrected chi connectivity index (χ0v) is 12.5. The van der Waals surface area contributed by atoms with Crippen LogP contribution >= 0.6 is 0 Å². The number of rotatable bonds is 3. The van der Waals surface area contributed by atoms with Gasteiger partial charge in [-0.25, -0.2) is 9.48 Å². The van der Waals surface area contributed by atoms with Crippen LogP contribution in [0.1, 0.15) is 10.5 Å². The molecule has 4 aromatic rings. The van der Waals surface area contributed by atoms with Crippen molar-refractivity contribution in [2.45, 2.75) is 0 Å². The average Bonchev–Trinajstić information content (AvgIpc) is 3.07. The number of carbonyl (C=O) groups is 1. The molecule has 0 aliphatic heterocycles. The smallest absolute Gasteiger partial charge is 0.356 e. The van der Waals surface area contributed by atoms with E-state index in [1.165, 1.54) is 0 Å². The van der Waals surface area contributed by atoms with E-state index < -0.39 is 5.97 Å². The number of para-hydroxylation sites is 1. The van der Waals surface area contributed by atoms with Gasteiger partial charge in [-0.05, 0) is 30.3 Å². The fourth-order valence-electron chi connectivity index (χ4n) is 2.66. The van der Waals surface area contributed by atoms with Crippen LogP contribution in [-0.2, 0) is 0 Å². The molecule has 0 unspecified atom stereocenters. The molecule has 0 bridgehead atoms. The minimum absolute atomic E-state index is 0.0188. The summed E-state index contributed by atoms with van der Waals surface area (Å²) in [6.45, 7) is 0. The number of carboxylic acids is 1. The van der Waals surface area contributed by atoms with Gasteiger partial charge < -0.3 is 5.11 Å². The first-order valence-corrected chi connectivity index (χ1v) is 7.32. The number of fused-ring (bicyclic) bond motifs is 1. The Morgan fingerprint density at radius 2 is 1.79 bits per heavy atom. The summed E-state index contributed by atoms with van der Waals surface area (Å²) < 4.78 is 1.62. The maximum absolute atomic E-state index is 11.4. The lowest BCUT2D eigenvalue weighted by molar-refractivity contribution is 0.0690. The largest absolute Gasteiger partial charge is 0.476 e. The van der Waals surface area contributed by atoms with Crippen molar-refractivity contribution in [3.8, 4) is 16.9 Å². The van der Waals surface area contributed by atoms with Crippen LogP contribution in [0.25, 0.3) is 27.8 Å². The molecule has 0 aliphatic rings. The minimum Gasteiger partial charge on any atom is -0.476 e. The van der Waals surface area contributed by atoms with Gasteiger partial charge in [-0.15, -0.1) is 0 Å². The maximum Gasteiger partial charge on any atom is 0.356 e. The van der Waals surface area contributed by atoms with Crippen LogP contribution < -0.4 is 0 Å². The Morgan fingerprint density at radius 1 is 1.00 bits per heavy atom. The highest BCUT2D eigenvalue weighted by molar-refractivity contribution is 5.90. The fraction of sp³-hybridized carbons (Fsp3) is 0. The molecule has 24 heavy (non-hydrogen) atoms. The summed E-state index contributed by atoms with van der Waals surface area (Å²) in [6.07, 6.45) is 5.03. The topological polar surface area (TPSA) is 80.9 Å². The highest BCUT2D eigenvalue weighted by atomic mass is 16.4. The first-order chi connectivity index (χ1) is 11.7. The number of aromatic carboxylic acids is 1. The van der Waals surface area contributed by atoms with Crippen molar-refractivity contribution in [1.82, 2.24) is 19.7 Å². The van der Waals surface area contributed by atoms with Crippen LogP contribution in [-0.4, -0.2) is 30.8 Å². The Labute approximate surface area is 137 Å². The molecule has 1 aromatic carbocycles. The highest BCUT2D eigenvalue weighted by Crippen LogP contribution is 2.27. The summed E-state index contributed by atoms with van der Waals surface area (Å²) in [5.74, 6) is -1.07. The van der Waals surface area contributed by atoms with Crippen LogP contribution in [0, 0.1) is 0 Å². The third-order valence-electron chi connectivity index (χ3n) is 3.74. The van der Waals surface area contributed by atoms with Crippen molar-refractivity contribution in [2.24, 2.45) is 0 Å². The van der Waals surface area contributed by atoms with Gasteiger partial charge in [0.2, 0.25) is 0 Å². The molecule has 0 saturated heterocycles. The summed E-state index contributed by atoms with van der Waals surface area (Å²) in [7, 11) is 0. The standard InChI is InChI=1S/C18H12N4O2/c23-18(24)14-11-16(12-6-9-19-10-7-12)22(21-14)15-5-1-3-13-4-2-8-20-17(13)15/h1-11H,(H,23,24). The summed E-state index contributed by atoms with van der Waals surface area (Å²) >= 11 is 0. The molecule has 0 saturated carbocycles. The normalized spacial score (nSPS) is 10.8. The maximum atomic E-state index is 11.4. The lowest BCUT2D eigenvalue weighted by Crippen LogP contribution is -2.03. The number of hydrogen-bond acceptors (Lipinski definition) is 4. The van der Waals surface area contributed by atoms with E-state index in [0.29, 0.717) is 5.69 Å². The molecule has 116 valence electrons. The predicted octanol–water partition coefficient (Wildman–Crippen LogP) is 3.18. The predicted molar refractivity (Wildman–Crippen MR) is 89.1 cm³/mol. The van der Waals surface area contributed by atoms with E-state index in [9.17, 15) is 9.90 Å². The molecule has 0 amide bonds. The molecule has 0 radical (unpaired) electrons. The summed E-state index contributed by atoms with van der Waals surface area (Å²) in [5.41, 5.74) is 2.98. The number of nitrogens with zero attached hydrogens (tertiary/aromatic N) is 4. The van der Waals surface area contributed by atoms with E-state index in [4.69, 9.17) is 0 Å². The molecule has 0 spiro atoms. The number of pyridine rings is 2. The Morgan fingerprint density at radius 3 is 2.58 bits per heavy atom. The van der Waals surface area contributed by atoms with Crippen LogP contribution in [0.4, 0.5) is 0 Å². The van der Waals surface area contributed by atoms with Gasteiger partial charge in [0.05, 0.1) is 16.9 Å². The fourth-order valence-corrected chi connectivity index (χ4v) is 2.66. The molecule has 6 nitrogen and oxygen atoms in total. The minimum atomic E-state index is -1.07. The quantitative estimate of drug-likeness (QED) is 0.628. The van der Waals surface area contributed by atoms with Gasteiger partial charge in [0.25, 0.3) is 0 Å². The van der Waals surface area contributed by atoms with Gasteiger partial charge in [-0.3, -0.25) is 9.97 Å².